The van der Waals surface area contributed by atoms with E-state index < -0.39 is 5.54 Å². The number of hydrogen-bond acceptors (Lipinski definition) is 3. The van der Waals surface area contributed by atoms with Crippen molar-refractivity contribution in [2.75, 3.05) is 13.1 Å². The topological polar surface area (TPSA) is 58.4 Å². The largest absolute Gasteiger partial charge is 0.368 e. The van der Waals surface area contributed by atoms with Crippen molar-refractivity contribution < 1.29 is 4.79 Å². The van der Waals surface area contributed by atoms with Gasteiger partial charge in [-0.15, -0.1) is 0 Å². The van der Waals surface area contributed by atoms with Crippen LogP contribution in [0, 0.1) is 0 Å². The van der Waals surface area contributed by atoms with Gasteiger partial charge in [0.15, 0.2) is 0 Å². The fourth-order valence-electron chi connectivity index (χ4n) is 3.59. The maximum Gasteiger partial charge on any atom is 0.237 e. The van der Waals surface area contributed by atoms with Crippen molar-refractivity contribution in [1.29, 1.82) is 0 Å². The number of carbonyl (C=O) groups excluding carboxylic acids is 1. The van der Waals surface area contributed by atoms with Crippen LogP contribution in [0.3, 0.4) is 0 Å². The molecule has 1 amide bonds. The standard InChI is InChI=1S/C17H35N3O/c1-5-11-19-17(4,16(18)21)13-14(3)20-12-9-7-8-10-15(20)6-2/h14-15,19H,5-13H2,1-4H3,(H2,18,21). The maximum absolute atomic E-state index is 11.9. The van der Waals surface area contributed by atoms with Gasteiger partial charge in [0.05, 0.1) is 5.54 Å². The molecule has 1 saturated heterocycles. The van der Waals surface area contributed by atoms with Crippen LogP contribution in [0.2, 0.25) is 0 Å². The minimum atomic E-state index is -0.597. The number of hydrogen-bond donors (Lipinski definition) is 2. The average molecular weight is 297 g/mol. The molecule has 0 bridgehead atoms. The van der Waals surface area contributed by atoms with Crippen LogP contribution in [0.5, 0.6) is 0 Å². The molecular weight excluding hydrogens is 262 g/mol. The van der Waals surface area contributed by atoms with Crippen molar-refractivity contribution in [2.45, 2.75) is 90.3 Å². The minimum Gasteiger partial charge on any atom is -0.368 e. The highest BCUT2D eigenvalue weighted by molar-refractivity contribution is 5.84. The maximum atomic E-state index is 11.9. The van der Waals surface area contributed by atoms with Gasteiger partial charge in [-0.3, -0.25) is 9.69 Å². The second-order valence-electron chi connectivity index (χ2n) is 6.83. The number of nitrogens with zero attached hydrogens (tertiary/aromatic N) is 1. The van der Waals surface area contributed by atoms with E-state index in [0.29, 0.717) is 12.1 Å². The van der Waals surface area contributed by atoms with Crippen LogP contribution in [-0.2, 0) is 4.79 Å². The summed E-state index contributed by atoms with van der Waals surface area (Å²) in [6, 6.07) is 1.04. The van der Waals surface area contributed by atoms with E-state index in [1.54, 1.807) is 0 Å². The van der Waals surface area contributed by atoms with Gasteiger partial charge in [-0.25, -0.2) is 0 Å². The predicted octanol–water partition coefficient (Wildman–Crippen LogP) is 2.66. The number of rotatable bonds is 8. The molecule has 3 atom stereocenters. The smallest absolute Gasteiger partial charge is 0.237 e. The summed E-state index contributed by atoms with van der Waals surface area (Å²) in [6.07, 6.45) is 8.23. The Kier molecular flexibility index (Phi) is 7.67. The molecule has 3 N–H and O–H groups in total. The number of nitrogens with two attached hydrogens (primary N) is 1. The zero-order valence-electron chi connectivity index (χ0n) is 14.5. The van der Waals surface area contributed by atoms with Crippen LogP contribution in [0.15, 0.2) is 0 Å². The molecule has 0 aromatic carbocycles. The Balaban J connectivity index is 2.74. The number of carbonyl (C=O) groups is 1. The first-order chi connectivity index (χ1) is 9.94. The van der Waals surface area contributed by atoms with Gasteiger partial charge in [0, 0.05) is 12.1 Å². The Morgan fingerprint density at radius 1 is 1.38 bits per heavy atom. The predicted molar refractivity (Wildman–Crippen MR) is 89.2 cm³/mol. The third kappa shape index (κ3) is 5.26. The van der Waals surface area contributed by atoms with Crippen molar-refractivity contribution in [3.05, 3.63) is 0 Å². The monoisotopic (exact) mass is 297 g/mol. The molecule has 1 heterocycles. The van der Waals surface area contributed by atoms with Gasteiger partial charge in [0.2, 0.25) is 5.91 Å². The molecule has 4 nitrogen and oxygen atoms in total. The molecule has 1 fully saturated rings. The van der Waals surface area contributed by atoms with Gasteiger partial charge >= 0.3 is 0 Å². The van der Waals surface area contributed by atoms with Crippen LogP contribution in [-0.4, -0.2) is 41.5 Å². The van der Waals surface area contributed by atoms with Crippen LogP contribution in [0.25, 0.3) is 0 Å². The number of primary amides is 1. The van der Waals surface area contributed by atoms with Crippen molar-refractivity contribution in [1.82, 2.24) is 10.2 Å². The average Bonchev–Trinajstić information content (AvgIpc) is 2.70. The van der Waals surface area contributed by atoms with Crippen LogP contribution >= 0.6 is 0 Å². The van der Waals surface area contributed by atoms with E-state index in [9.17, 15) is 4.79 Å². The van der Waals surface area contributed by atoms with Crippen molar-refractivity contribution in [2.24, 2.45) is 5.73 Å². The van der Waals surface area contributed by atoms with Crippen LogP contribution in [0.4, 0.5) is 0 Å². The van der Waals surface area contributed by atoms with Crippen molar-refractivity contribution in [3.8, 4) is 0 Å². The molecule has 1 rings (SSSR count). The van der Waals surface area contributed by atoms with E-state index in [1.165, 1.54) is 32.1 Å². The zero-order chi connectivity index (χ0) is 15.9. The Labute approximate surface area is 130 Å². The summed E-state index contributed by atoms with van der Waals surface area (Å²) in [5, 5.41) is 3.36. The number of nitrogens with one attached hydrogen (secondary N) is 1. The molecule has 0 radical (unpaired) electrons. The lowest BCUT2D eigenvalue weighted by Gasteiger charge is -2.39. The first-order valence-corrected chi connectivity index (χ1v) is 8.75. The van der Waals surface area contributed by atoms with E-state index in [1.807, 2.05) is 6.92 Å². The quantitative estimate of drug-likeness (QED) is 0.724. The lowest BCUT2D eigenvalue weighted by molar-refractivity contribution is -0.124. The highest BCUT2D eigenvalue weighted by Crippen LogP contribution is 2.25. The summed E-state index contributed by atoms with van der Waals surface area (Å²) in [4.78, 5) is 14.5. The summed E-state index contributed by atoms with van der Waals surface area (Å²) < 4.78 is 0. The minimum absolute atomic E-state index is 0.231. The molecule has 0 aliphatic carbocycles. The lowest BCUT2D eigenvalue weighted by Crippen LogP contribution is -2.57. The van der Waals surface area contributed by atoms with Gasteiger partial charge in [-0.1, -0.05) is 26.7 Å². The molecule has 0 saturated carbocycles. The Morgan fingerprint density at radius 2 is 2.10 bits per heavy atom. The SMILES string of the molecule is CCCNC(C)(CC(C)N1CCCCCC1CC)C(N)=O. The highest BCUT2D eigenvalue weighted by atomic mass is 16.1. The zero-order valence-corrected chi connectivity index (χ0v) is 14.5. The lowest BCUT2D eigenvalue weighted by atomic mass is 9.90. The summed E-state index contributed by atoms with van der Waals surface area (Å²) in [6.45, 7) is 10.6. The van der Waals surface area contributed by atoms with Gasteiger partial charge < -0.3 is 11.1 Å². The second-order valence-corrected chi connectivity index (χ2v) is 6.83. The molecule has 3 unspecified atom stereocenters. The number of amides is 1. The van der Waals surface area contributed by atoms with Gasteiger partial charge in [0.1, 0.15) is 0 Å². The Hall–Kier alpha value is -0.610. The number of likely N-dealkylation sites (tertiary alicyclic amines) is 1. The molecule has 1 aliphatic heterocycles. The second kappa shape index (κ2) is 8.74. The van der Waals surface area contributed by atoms with E-state index in [4.69, 9.17) is 5.73 Å². The van der Waals surface area contributed by atoms with Crippen LogP contribution in [0.1, 0.15) is 72.6 Å². The highest BCUT2D eigenvalue weighted by Gasteiger charge is 2.35. The first kappa shape index (κ1) is 18.4. The van der Waals surface area contributed by atoms with E-state index in [-0.39, 0.29) is 5.91 Å². The summed E-state index contributed by atoms with van der Waals surface area (Å²) >= 11 is 0. The molecule has 1 aliphatic rings. The van der Waals surface area contributed by atoms with Crippen molar-refractivity contribution in [3.63, 3.8) is 0 Å². The first-order valence-electron chi connectivity index (χ1n) is 8.75. The third-order valence-electron chi connectivity index (χ3n) is 4.97. The fourth-order valence-corrected chi connectivity index (χ4v) is 3.59. The normalized spacial score (nSPS) is 25.0. The molecule has 4 heteroatoms. The molecule has 124 valence electrons. The molecule has 0 spiro atoms. The molecule has 0 aromatic rings. The Morgan fingerprint density at radius 3 is 2.67 bits per heavy atom. The third-order valence-corrected chi connectivity index (χ3v) is 4.97. The van der Waals surface area contributed by atoms with E-state index in [2.05, 4.69) is 31.0 Å². The van der Waals surface area contributed by atoms with Gasteiger partial charge in [0.25, 0.3) is 0 Å². The van der Waals surface area contributed by atoms with Gasteiger partial charge in [-0.2, -0.15) is 0 Å². The van der Waals surface area contributed by atoms with Crippen LogP contribution < -0.4 is 11.1 Å². The summed E-state index contributed by atoms with van der Waals surface area (Å²) in [7, 11) is 0. The fraction of sp³-hybridized carbons (Fsp3) is 0.941. The molecular formula is C17H35N3O. The van der Waals surface area contributed by atoms with E-state index in [0.717, 1.165) is 25.9 Å². The Bertz CT molecular complexity index is 321. The van der Waals surface area contributed by atoms with Gasteiger partial charge in [-0.05, 0) is 59.0 Å². The van der Waals surface area contributed by atoms with E-state index >= 15 is 0 Å². The molecule has 21 heavy (non-hydrogen) atoms. The molecule has 0 aromatic heterocycles. The van der Waals surface area contributed by atoms with Crippen molar-refractivity contribution >= 4 is 5.91 Å². The summed E-state index contributed by atoms with van der Waals surface area (Å²) in [5.74, 6) is -0.231. The summed E-state index contributed by atoms with van der Waals surface area (Å²) in [5.41, 5.74) is 5.07.